The Bertz CT molecular complexity index is 587. The highest BCUT2D eigenvalue weighted by atomic mass is 16.3. The van der Waals surface area contributed by atoms with Crippen LogP contribution in [0.1, 0.15) is 20.8 Å². The number of aliphatic hydroxyl groups is 1. The first-order valence-electron chi connectivity index (χ1n) is 5.84. The third-order valence-electron chi connectivity index (χ3n) is 2.79. The largest absolute Gasteiger partial charge is 0.389 e. The zero-order valence-electron chi connectivity index (χ0n) is 10.5. The summed E-state index contributed by atoms with van der Waals surface area (Å²) in [6, 6.07) is 7.67. The standard InChI is InChI=1S/C13H18N2O2/c1-4-14-10-7-5-6-8-11(10)15(12(14)16)9-13(2,3)17/h5-8,17H,4,9H2,1-3H3. The van der Waals surface area contributed by atoms with Crippen molar-refractivity contribution in [1.82, 2.24) is 9.13 Å². The second kappa shape index (κ2) is 4.04. The van der Waals surface area contributed by atoms with E-state index in [1.165, 1.54) is 0 Å². The summed E-state index contributed by atoms with van der Waals surface area (Å²) in [5, 5.41) is 9.87. The van der Waals surface area contributed by atoms with E-state index in [1.807, 2.05) is 31.2 Å². The minimum atomic E-state index is -0.896. The number of hydrogen-bond donors (Lipinski definition) is 1. The molecule has 1 heterocycles. The number of imidazole rings is 1. The first-order chi connectivity index (χ1) is 7.94. The van der Waals surface area contributed by atoms with Gasteiger partial charge in [-0.1, -0.05) is 12.1 Å². The van der Waals surface area contributed by atoms with Gasteiger partial charge in [-0.15, -0.1) is 0 Å². The van der Waals surface area contributed by atoms with Crippen LogP contribution in [-0.4, -0.2) is 19.8 Å². The summed E-state index contributed by atoms with van der Waals surface area (Å²) in [5.74, 6) is 0. The quantitative estimate of drug-likeness (QED) is 0.876. The predicted octanol–water partition coefficient (Wildman–Crippen LogP) is 1.59. The zero-order valence-corrected chi connectivity index (χ0v) is 10.5. The molecule has 4 heteroatoms. The number of aryl methyl sites for hydroxylation is 1. The van der Waals surface area contributed by atoms with Crippen LogP contribution in [0.2, 0.25) is 0 Å². The van der Waals surface area contributed by atoms with Gasteiger partial charge in [-0.05, 0) is 32.9 Å². The van der Waals surface area contributed by atoms with E-state index in [0.717, 1.165) is 11.0 Å². The molecule has 0 bridgehead atoms. The normalized spacial score (nSPS) is 12.2. The number of nitrogens with zero attached hydrogens (tertiary/aromatic N) is 2. The lowest BCUT2D eigenvalue weighted by atomic mass is 10.1. The first kappa shape index (κ1) is 11.9. The van der Waals surface area contributed by atoms with Crippen molar-refractivity contribution < 1.29 is 5.11 Å². The minimum absolute atomic E-state index is 0.0594. The van der Waals surface area contributed by atoms with E-state index in [2.05, 4.69) is 0 Å². The zero-order chi connectivity index (χ0) is 12.6. The van der Waals surface area contributed by atoms with Crippen molar-refractivity contribution in [2.45, 2.75) is 39.5 Å². The van der Waals surface area contributed by atoms with Gasteiger partial charge in [0, 0.05) is 6.54 Å². The van der Waals surface area contributed by atoms with Crippen molar-refractivity contribution in [2.24, 2.45) is 0 Å². The Morgan fingerprint density at radius 2 is 1.71 bits per heavy atom. The van der Waals surface area contributed by atoms with Gasteiger partial charge in [-0.2, -0.15) is 0 Å². The molecule has 0 unspecified atom stereocenters. The molecule has 1 N–H and O–H groups in total. The van der Waals surface area contributed by atoms with Gasteiger partial charge in [0.1, 0.15) is 0 Å². The Kier molecular flexibility index (Phi) is 2.83. The van der Waals surface area contributed by atoms with Crippen LogP contribution in [0.3, 0.4) is 0 Å². The summed E-state index contributed by atoms with van der Waals surface area (Å²) in [6.45, 7) is 6.30. The molecular weight excluding hydrogens is 216 g/mol. The van der Waals surface area contributed by atoms with Crippen LogP contribution < -0.4 is 5.69 Å². The number of rotatable bonds is 3. The molecule has 0 saturated heterocycles. The van der Waals surface area contributed by atoms with Crippen molar-refractivity contribution in [3.05, 3.63) is 34.7 Å². The maximum Gasteiger partial charge on any atom is 0.329 e. The van der Waals surface area contributed by atoms with E-state index in [0.29, 0.717) is 13.1 Å². The monoisotopic (exact) mass is 234 g/mol. The van der Waals surface area contributed by atoms with E-state index in [4.69, 9.17) is 0 Å². The summed E-state index contributed by atoms with van der Waals surface area (Å²) in [7, 11) is 0. The summed E-state index contributed by atoms with van der Waals surface area (Å²) in [4.78, 5) is 12.2. The van der Waals surface area contributed by atoms with E-state index in [1.54, 1.807) is 23.0 Å². The maximum absolute atomic E-state index is 12.2. The average Bonchev–Trinajstić information content (AvgIpc) is 2.50. The van der Waals surface area contributed by atoms with Crippen LogP contribution in [0.25, 0.3) is 11.0 Å². The molecule has 2 aromatic rings. The Balaban J connectivity index is 2.70. The van der Waals surface area contributed by atoms with Crippen molar-refractivity contribution >= 4 is 11.0 Å². The summed E-state index contributed by atoms with van der Waals surface area (Å²) < 4.78 is 3.36. The molecule has 17 heavy (non-hydrogen) atoms. The van der Waals surface area contributed by atoms with Crippen LogP contribution in [0.4, 0.5) is 0 Å². The van der Waals surface area contributed by atoms with Crippen molar-refractivity contribution in [3.8, 4) is 0 Å². The van der Waals surface area contributed by atoms with Crippen LogP contribution in [0.15, 0.2) is 29.1 Å². The molecule has 1 aromatic heterocycles. The lowest BCUT2D eigenvalue weighted by molar-refractivity contribution is 0.0615. The topological polar surface area (TPSA) is 47.2 Å². The Morgan fingerprint density at radius 1 is 1.18 bits per heavy atom. The highest BCUT2D eigenvalue weighted by Gasteiger charge is 2.19. The van der Waals surface area contributed by atoms with Crippen LogP contribution in [0, 0.1) is 0 Å². The fraction of sp³-hybridized carbons (Fsp3) is 0.462. The maximum atomic E-state index is 12.2. The Hall–Kier alpha value is -1.55. The molecule has 0 aliphatic rings. The average molecular weight is 234 g/mol. The smallest absolute Gasteiger partial charge is 0.329 e. The highest BCUT2D eigenvalue weighted by Crippen LogP contribution is 2.15. The van der Waals surface area contributed by atoms with Crippen LogP contribution >= 0.6 is 0 Å². The fourth-order valence-corrected chi connectivity index (χ4v) is 2.12. The second-order valence-electron chi connectivity index (χ2n) is 4.91. The molecule has 0 radical (unpaired) electrons. The molecule has 0 atom stereocenters. The van der Waals surface area contributed by atoms with Gasteiger partial charge in [0.05, 0.1) is 23.2 Å². The molecule has 0 saturated carbocycles. The molecule has 92 valence electrons. The van der Waals surface area contributed by atoms with Crippen LogP contribution in [-0.2, 0) is 13.1 Å². The molecule has 0 aliphatic carbocycles. The minimum Gasteiger partial charge on any atom is -0.389 e. The van der Waals surface area contributed by atoms with Gasteiger partial charge < -0.3 is 5.11 Å². The molecule has 0 amide bonds. The van der Waals surface area contributed by atoms with E-state index in [-0.39, 0.29) is 5.69 Å². The predicted molar refractivity (Wildman–Crippen MR) is 68.2 cm³/mol. The highest BCUT2D eigenvalue weighted by molar-refractivity contribution is 5.75. The summed E-state index contributed by atoms with van der Waals surface area (Å²) >= 11 is 0. The molecule has 1 aromatic carbocycles. The third-order valence-corrected chi connectivity index (χ3v) is 2.79. The molecule has 0 spiro atoms. The first-order valence-corrected chi connectivity index (χ1v) is 5.84. The fourth-order valence-electron chi connectivity index (χ4n) is 2.12. The molecule has 0 fully saturated rings. The summed E-state index contributed by atoms with van der Waals surface area (Å²) in [6.07, 6.45) is 0. The number of benzene rings is 1. The van der Waals surface area contributed by atoms with Crippen LogP contribution in [0.5, 0.6) is 0 Å². The molecular formula is C13H18N2O2. The second-order valence-corrected chi connectivity index (χ2v) is 4.91. The summed E-state index contributed by atoms with van der Waals surface area (Å²) in [5.41, 5.74) is 0.841. The lowest BCUT2D eigenvalue weighted by Gasteiger charge is -2.17. The van der Waals surface area contributed by atoms with Crippen molar-refractivity contribution in [3.63, 3.8) is 0 Å². The lowest BCUT2D eigenvalue weighted by Crippen LogP contribution is -2.33. The number of fused-ring (bicyclic) bond motifs is 1. The van der Waals surface area contributed by atoms with Gasteiger partial charge in [0.2, 0.25) is 0 Å². The van der Waals surface area contributed by atoms with Crippen molar-refractivity contribution in [2.75, 3.05) is 0 Å². The van der Waals surface area contributed by atoms with Gasteiger partial charge in [-0.3, -0.25) is 9.13 Å². The van der Waals surface area contributed by atoms with E-state index < -0.39 is 5.60 Å². The van der Waals surface area contributed by atoms with E-state index in [9.17, 15) is 9.90 Å². The van der Waals surface area contributed by atoms with Gasteiger partial charge in [-0.25, -0.2) is 4.79 Å². The molecule has 0 aliphatic heterocycles. The third kappa shape index (κ3) is 2.13. The van der Waals surface area contributed by atoms with Gasteiger partial charge in [0.15, 0.2) is 0 Å². The molecule has 2 rings (SSSR count). The Morgan fingerprint density at radius 3 is 2.18 bits per heavy atom. The van der Waals surface area contributed by atoms with Crippen molar-refractivity contribution in [1.29, 1.82) is 0 Å². The SMILES string of the molecule is CCn1c(=O)n(CC(C)(C)O)c2ccccc21. The number of para-hydroxylation sites is 2. The van der Waals surface area contributed by atoms with Gasteiger partial charge in [0.25, 0.3) is 0 Å². The number of hydrogen-bond acceptors (Lipinski definition) is 2. The Labute approximate surface area is 100 Å². The van der Waals surface area contributed by atoms with Gasteiger partial charge >= 0.3 is 5.69 Å². The van der Waals surface area contributed by atoms with E-state index >= 15 is 0 Å². The number of aromatic nitrogens is 2. The molecule has 4 nitrogen and oxygen atoms in total.